The summed E-state index contributed by atoms with van der Waals surface area (Å²) in [4.78, 5) is 4.97. The zero-order valence-electron chi connectivity index (χ0n) is 42.0. The van der Waals surface area contributed by atoms with E-state index in [0.29, 0.717) is 18.2 Å². The van der Waals surface area contributed by atoms with E-state index in [1.807, 2.05) is 24.3 Å². The number of nitrogen functional groups attached to an aromatic ring is 7. The predicted octanol–water partition coefficient (Wildman–Crippen LogP) is 3.32. The predicted molar refractivity (Wildman–Crippen MR) is 308 cm³/mol. The van der Waals surface area contributed by atoms with Gasteiger partial charge in [-0.05, 0) is 73.7 Å². The molecule has 0 aliphatic heterocycles. The van der Waals surface area contributed by atoms with Crippen molar-refractivity contribution in [2.45, 2.75) is 46.1 Å². The fraction of sp³-hybridized carbons (Fsp3) is 0.0233. The first-order chi connectivity index (χ1) is 38.4. The van der Waals surface area contributed by atoms with Crippen LogP contribution in [0.1, 0.15) is 5.56 Å². The second-order valence-electron chi connectivity index (χ2n) is 16.8. The number of phenolic OH excluding ortho intramolecular Hbond substituents is 3. The SMILES string of the molecule is Cc1ccc(S)cc1.Nc1cc(S(=O)(=O)O)c2cc(S(=O)(=O)O)c(N)c(O)c2c1N.Nc1ccc([N+](=O)[O-])cc1S(=O)(=O)O.Nc1ccc2c(O)c(N)c(S(=O)(=O)O)cc2c1S(=O)(=O)O.Nc1ccc2c(O)cc(S(=O)(=O)O)cc2c1S(=O)(=O)O. The van der Waals surface area contributed by atoms with Gasteiger partial charge in [-0.3, -0.25) is 42.0 Å². The largest absolute Gasteiger partial charge is 0.507 e. The van der Waals surface area contributed by atoms with Gasteiger partial charge in [0.15, 0.2) is 0 Å². The maximum absolute atomic E-state index is 11.4. The summed E-state index contributed by atoms with van der Waals surface area (Å²) in [6.45, 7) is 2.06. The average Bonchev–Trinajstić information content (AvgIpc) is 2.62. The van der Waals surface area contributed by atoms with Gasteiger partial charge in [-0.25, -0.2) is 0 Å². The summed E-state index contributed by atoms with van der Waals surface area (Å²) < 4.78 is 220. The quantitative estimate of drug-likeness (QED) is 0.0259. The Hall–Kier alpha value is -8.34. The highest BCUT2D eigenvalue weighted by atomic mass is 32.2. The minimum absolute atomic E-state index is 0.0424. The molecule has 0 radical (unpaired) electrons. The zero-order chi connectivity index (χ0) is 65.4. The third-order valence-corrected chi connectivity index (χ3v) is 17.6. The number of nitrogens with zero attached hydrogens (tertiary/aromatic N) is 1. The van der Waals surface area contributed by atoms with E-state index >= 15 is 0 Å². The van der Waals surface area contributed by atoms with Crippen LogP contribution in [0.4, 0.5) is 45.5 Å². The van der Waals surface area contributed by atoms with Crippen molar-refractivity contribution in [1.82, 2.24) is 0 Å². The number of hydrogen-bond acceptors (Lipinski definition) is 27. The third-order valence-electron chi connectivity index (χ3n) is 10.9. The minimum Gasteiger partial charge on any atom is -0.507 e. The summed E-state index contributed by atoms with van der Waals surface area (Å²) in [7, 11) is -33.3. The Kier molecular flexibility index (Phi) is 20.1. The molecule has 85 heavy (non-hydrogen) atoms. The highest BCUT2D eigenvalue weighted by molar-refractivity contribution is 7.87. The zero-order valence-corrected chi connectivity index (χ0v) is 48.6. The number of thiol groups is 1. The molecule has 460 valence electrons. The highest BCUT2D eigenvalue weighted by Gasteiger charge is 2.29. The molecule has 0 aliphatic rings. The maximum atomic E-state index is 11.4. The molecule has 0 spiro atoms. The van der Waals surface area contributed by atoms with Crippen LogP contribution in [0.5, 0.6) is 17.2 Å². The van der Waals surface area contributed by atoms with E-state index in [4.69, 9.17) is 62.9 Å². The molecule has 0 fully saturated rings. The molecule has 8 rings (SSSR count). The van der Waals surface area contributed by atoms with Gasteiger partial charge >= 0.3 is 0 Å². The molecule has 0 aromatic heterocycles. The molecular weight excluding hydrogens is 1300 g/mol. The normalized spacial score (nSPS) is 12.1. The van der Waals surface area contributed by atoms with Crippen LogP contribution >= 0.6 is 12.6 Å². The minimum atomic E-state index is -4.87. The van der Waals surface area contributed by atoms with Crippen molar-refractivity contribution >= 4 is 161 Å². The number of hydrogen-bond donors (Lipinski definition) is 18. The van der Waals surface area contributed by atoms with Gasteiger partial charge in [-0.2, -0.15) is 58.9 Å². The third kappa shape index (κ3) is 16.3. The summed E-state index contributed by atoms with van der Waals surface area (Å²) in [5, 5.41) is 38.1. The molecular formula is C43H44N8O26S8. The molecule has 8 aromatic carbocycles. The molecule has 34 nitrogen and oxygen atoms in total. The Morgan fingerprint density at radius 2 is 0.812 bits per heavy atom. The lowest BCUT2D eigenvalue weighted by Gasteiger charge is -2.14. The van der Waals surface area contributed by atoms with Gasteiger partial charge in [-0.1, -0.05) is 17.7 Å². The molecule has 0 unspecified atom stereocenters. The Labute approximate surface area is 485 Å². The summed E-state index contributed by atoms with van der Waals surface area (Å²) in [6, 6.07) is 19.2. The van der Waals surface area contributed by atoms with Crippen molar-refractivity contribution in [2.24, 2.45) is 0 Å². The molecule has 0 heterocycles. The lowest BCUT2D eigenvalue weighted by molar-refractivity contribution is -0.385. The van der Waals surface area contributed by atoms with Crippen LogP contribution in [-0.2, 0) is 70.8 Å². The molecule has 42 heteroatoms. The van der Waals surface area contributed by atoms with Crippen LogP contribution in [0.3, 0.4) is 0 Å². The van der Waals surface area contributed by atoms with E-state index in [-0.39, 0.29) is 50.0 Å². The van der Waals surface area contributed by atoms with Crippen LogP contribution in [0.2, 0.25) is 0 Å². The first-order valence-corrected chi connectivity index (χ1v) is 32.1. The van der Waals surface area contributed by atoms with Crippen molar-refractivity contribution in [1.29, 1.82) is 0 Å². The van der Waals surface area contributed by atoms with Crippen molar-refractivity contribution in [3.05, 3.63) is 113 Å². The number of aryl methyl sites for hydroxylation is 1. The van der Waals surface area contributed by atoms with E-state index in [1.54, 1.807) is 0 Å². The number of aromatic hydroxyl groups is 3. The highest BCUT2D eigenvalue weighted by Crippen LogP contribution is 2.45. The van der Waals surface area contributed by atoms with Crippen molar-refractivity contribution < 1.29 is 111 Å². The summed E-state index contributed by atoms with van der Waals surface area (Å²) >= 11 is 4.13. The number of nitrogens with two attached hydrogens (primary N) is 7. The van der Waals surface area contributed by atoms with Gasteiger partial charge in [0.2, 0.25) is 0 Å². The lowest BCUT2D eigenvalue weighted by Crippen LogP contribution is -2.08. The molecule has 24 N–H and O–H groups in total. The average molecular weight is 1350 g/mol. The Balaban J connectivity index is 0.000000235. The summed E-state index contributed by atoms with van der Waals surface area (Å²) in [5.74, 6) is -2.23. The Morgan fingerprint density at radius 3 is 1.22 bits per heavy atom. The fourth-order valence-electron chi connectivity index (χ4n) is 7.15. The van der Waals surface area contributed by atoms with Crippen LogP contribution in [-0.4, -0.2) is 111 Å². The Morgan fingerprint density at radius 1 is 0.400 bits per heavy atom. The molecule has 0 atom stereocenters. The number of benzene rings is 8. The van der Waals surface area contributed by atoms with E-state index in [1.165, 1.54) is 17.7 Å². The number of non-ortho nitro benzene ring substituents is 1. The molecule has 0 aliphatic carbocycles. The number of phenols is 3. The number of nitro benzene ring substituents is 1. The molecule has 8 aromatic rings. The van der Waals surface area contributed by atoms with Crippen LogP contribution in [0.15, 0.2) is 136 Å². The smallest absolute Gasteiger partial charge is 0.297 e. The fourth-order valence-corrected chi connectivity index (χ4v) is 12.1. The van der Waals surface area contributed by atoms with Gasteiger partial charge in [-0.15, -0.1) is 12.6 Å². The van der Waals surface area contributed by atoms with Crippen LogP contribution in [0.25, 0.3) is 32.3 Å². The second-order valence-corrected chi connectivity index (χ2v) is 27.0. The van der Waals surface area contributed by atoms with Crippen LogP contribution < -0.4 is 40.1 Å². The Bertz CT molecular complexity index is 4880. The van der Waals surface area contributed by atoms with Crippen molar-refractivity contribution in [3.63, 3.8) is 0 Å². The van der Waals surface area contributed by atoms with E-state index in [0.717, 1.165) is 47.4 Å². The van der Waals surface area contributed by atoms with E-state index in [2.05, 4.69) is 19.6 Å². The van der Waals surface area contributed by atoms with E-state index in [9.17, 15) is 93.5 Å². The number of nitro groups is 1. The number of anilines is 7. The number of rotatable bonds is 8. The lowest BCUT2D eigenvalue weighted by atomic mass is 10.1. The van der Waals surface area contributed by atoms with E-state index < -0.39 is 155 Å². The summed E-state index contributed by atoms with van der Waals surface area (Å²) in [6.07, 6.45) is 0. The van der Waals surface area contributed by atoms with Gasteiger partial charge in [0, 0.05) is 50.0 Å². The van der Waals surface area contributed by atoms with Crippen molar-refractivity contribution in [2.75, 3.05) is 40.1 Å². The molecule has 0 saturated heterocycles. The first-order valence-electron chi connectivity index (χ1n) is 21.6. The number of fused-ring (bicyclic) bond motifs is 3. The van der Waals surface area contributed by atoms with Gasteiger partial charge < -0.3 is 55.5 Å². The molecule has 0 amide bonds. The first kappa shape index (κ1) is 69.2. The second kappa shape index (κ2) is 24.7. The standard InChI is InChI=1S/C10H11N3O7S2.C10H10N2O7S2.C10H9NO7S2.C7H8S.C6H6N2O5S/c11-4-2-5(21(15,16)17)3-1-6(22(18,19)20)9(13)10(14)7(3)8(4)12;11-6-2-1-4-5(10(6)21(17,18)19)3-7(20(14,15)16)8(12)9(4)13;11-8-2-1-6-7(10(8)20(16,17)18)3-5(4-9(6)12)19(13,14)15;1-6-2-4-7(8)5-3-6;7-5-2-1-4(8(9)10)3-6(5)14(11,12)13/h1-2,14H,11-13H2,(H,15,16,17)(H,18,19,20);1-3,13H,11-12H2,(H,14,15,16)(H,17,18,19);1-4,12H,11H2,(H,13,14,15)(H,16,17,18);2-5,8H,1H3;1-3H,7H2,(H,11,12,13). The maximum Gasteiger partial charge on any atom is 0.297 e. The monoisotopic (exact) mass is 1340 g/mol. The molecule has 0 bridgehead atoms. The van der Waals surface area contributed by atoms with Crippen molar-refractivity contribution in [3.8, 4) is 17.2 Å². The topological polar surface area (TPSA) is 667 Å². The van der Waals surface area contributed by atoms with Gasteiger partial charge in [0.25, 0.3) is 76.5 Å². The van der Waals surface area contributed by atoms with Gasteiger partial charge in [0.1, 0.15) is 46.6 Å². The van der Waals surface area contributed by atoms with Crippen LogP contribution in [0, 0.1) is 17.0 Å². The summed E-state index contributed by atoms with van der Waals surface area (Å²) in [5.41, 5.74) is 36.0. The molecule has 0 saturated carbocycles. The van der Waals surface area contributed by atoms with Gasteiger partial charge in [0.05, 0.1) is 55.0 Å².